The van der Waals surface area contributed by atoms with Crippen LogP contribution in [0.3, 0.4) is 0 Å². The third-order valence-electron chi connectivity index (χ3n) is 0. The van der Waals surface area contributed by atoms with Gasteiger partial charge in [0.2, 0.25) is 0 Å². The van der Waals surface area contributed by atoms with Gasteiger partial charge in [0, 0.05) is 19.4 Å². The first-order valence-electron chi connectivity index (χ1n) is 1.41. The molecule has 0 unspecified atom stereocenters. The summed E-state index contributed by atoms with van der Waals surface area (Å²) < 4.78 is 0. The van der Waals surface area contributed by atoms with Crippen LogP contribution in [-0.4, -0.2) is 19.4 Å². The topological polar surface area (TPSA) is 120 Å². The van der Waals surface area contributed by atoms with E-state index in [1.165, 1.54) is 0 Å². The van der Waals surface area contributed by atoms with Crippen LogP contribution in [-0.2, 0) is 34.8 Å². The van der Waals surface area contributed by atoms with Gasteiger partial charge < -0.3 is 29.7 Å². The van der Waals surface area contributed by atoms with E-state index in [2.05, 4.69) is 0 Å². The van der Waals surface area contributed by atoms with Crippen molar-refractivity contribution in [1.29, 1.82) is 0 Å². The summed E-state index contributed by atoms with van der Waals surface area (Å²) in [6.07, 6.45) is 0. The van der Waals surface area contributed by atoms with E-state index in [1.54, 1.807) is 0 Å². The Kier molecular flexibility index (Phi) is 243. The Morgan fingerprint density at radius 2 is 0.727 bits per heavy atom. The van der Waals surface area contributed by atoms with Crippen molar-refractivity contribution in [2.75, 3.05) is 0 Å². The summed E-state index contributed by atoms with van der Waals surface area (Å²) >= 11 is 0. The van der Waals surface area contributed by atoms with Crippen LogP contribution in [0.4, 0.5) is 0 Å². The zero-order chi connectivity index (χ0) is 8.12. The van der Waals surface area contributed by atoms with Crippen molar-refractivity contribution in [2.24, 2.45) is 0 Å². The SMILES string of the molecule is O=C[O-].O=C[O-].O=C[O-].[Na+].[Pd+2]. The van der Waals surface area contributed by atoms with Crippen LogP contribution in [0.2, 0.25) is 0 Å². The number of hydrogen-bond donors (Lipinski definition) is 0. The molecule has 0 N–H and O–H groups in total. The van der Waals surface area contributed by atoms with Crippen LogP contribution < -0.4 is 44.9 Å². The molecule has 0 atom stereocenters. The van der Waals surface area contributed by atoms with Crippen LogP contribution in [0.25, 0.3) is 0 Å². The number of carbonyl (C=O) groups excluding carboxylic acids is 3. The average Bonchev–Trinajstić information content (AvgIpc) is 1.70. The second-order valence-electron chi connectivity index (χ2n) is 0.289. The monoisotopic (exact) mass is 264 g/mol. The molecule has 11 heavy (non-hydrogen) atoms. The molecule has 62 valence electrons. The Labute approximate surface area is 98.5 Å². The summed E-state index contributed by atoms with van der Waals surface area (Å²) in [7, 11) is 0. The summed E-state index contributed by atoms with van der Waals surface area (Å²) in [5.74, 6) is 0. The summed E-state index contributed by atoms with van der Waals surface area (Å²) in [6, 6.07) is 0. The van der Waals surface area contributed by atoms with Gasteiger partial charge in [-0.2, -0.15) is 0 Å². The molecule has 0 bridgehead atoms. The Bertz CT molecular complexity index is 54.6. The quantitative estimate of drug-likeness (QED) is 0.316. The van der Waals surface area contributed by atoms with Gasteiger partial charge in [0.15, 0.2) is 0 Å². The Balaban J connectivity index is -0.0000000150. The van der Waals surface area contributed by atoms with Crippen LogP contribution in [0.5, 0.6) is 0 Å². The van der Waals surface area contributed by atoms with E-state index >= 15 is 0 Å². The molecule has 0 amide bonds. The van der Waals surface area contributed by atoms with Crippen molar-refractivity contribution in [3.05, 3.63) is 0 Å². The maximum atomic E-state index is 8.25. The Morgan fingerprint density at radius 1 is 0.727 bits per heavy atom. The number of carbonyl (C=O) groups is 3. The Hall–Kier alpha value is 0.0723. The first kappa shape index (κ1) is 30.5. The maximum absolute atomic E-state index is 8.25. The minimum atomic E-state index is -0.500. The van der Waals surface area contributed by atoms with Gasteiger partial charge in [0.05, 0.1) is 0 Å². The van der Waals surface area contributed by atoms with E-state index in [-0.39, 0.29) is 50.0 Å². The summed E-state index contributed by atoms with van der Waals surface area (Å²) in [5.41, 5.74) is 0. The number of rotatable bonds is 0. The molecule has 0 saturated carbocycles. The molecular weight excluding hydrogens is 261 g/mol. The van der Waals surface area contributed by atoms with Crippen LogP contribution in [0, 0.1) is 0 Å². The van der Waals surface area contributed by atoms with E-state index < -0.39 is 19.4 Å². The van der Waals surface area contributed by atoms with Gasteiger partial charge in [-0.25, -0.2) is 0 Å². The van der Waals surface area contributed by atoms with Crippen molar-refractivity contribution in [3.8, 4) is 0 Å². The zero-order valence-electron chi connectivity index (χ0n) is 5.50. The van der Waals surface area contributed by atoms with Crippen molar-refractivity contribution in [1.82, 2.24) is 0 Å². The smallest absolute Gasteiger partial charge is 0.554 e. The molecule has 6 nitrogen and oxygen atoms in total. The Morgan fingerprint density at radius 3 is 0.727 bits per heavy atom. The molecule has 0 aromatic carbocycles. The van der Waals surface area contributed by atoms with Gasteiger partial charge in [-0.1, -0.05) is 0 Å². The largest absolute Gasteiger partial charge is 2.00 e. The molecule has 0 saturated heterocycles. The predicted octanol–water partition coefficient (Wildman–Crippen LogP) is -7.90. The maximum Gasteiger partial charge on any atom is 2.00 e. The molecule has 0 aliphatic rings. The molecule has 0 aliphatic heterocycles. The van der Waals surface area contributed by atoms with Gasteiger partial charge in [0.1, 0.15) is 0 Å². The summed E-state index contributed by atoms with van der Waals surface area (Å²) in [6.45, 7) is -1.50. The average molecular weight is 264 g/mol. The normalized spacial score (nSPS) is 3.27. The van der Waals surface area contributed by atoms with Crippen molar-refractivity contribution in [2.45, 2.75) is 0 Å². The van der Waals surface area contributed by atoms with E-state index in [0.717, 1.165) is 0 Å². The van der Waals surface area contributed by atoms with E-state index in [4.69, 9.17) is 29.7 Å². The summed E-state index contributed by atoms with van der Waals surface area (Å²) in [4.78, 5) is 24.8. The van der Waals surface area contributed by atoms with Crippen molar-refractivity contribution < 1.29 is 79.7 Å². The number of carboxylic acid groups (broad SMARTS) is 3. The van der Waals surface area contributed by atoms with Gasteiger partial charge in [-0.05, 0) is 0 Å². The fraction of sp³-hybridized carbons (Fsp3) is 0. The molecule has 0 spiro atoms. The van der Waals surface area contributed by atoms with Crippen LogP contribution in [0.15, 0.2) is 0 Å². The van der Waals surface area contributed by atoms with Crippen molar-refractivity contribution in [3.63, 3.8) is 0 Å². The minimum Gasteiger partial charge on any atom is -0.554 e. The standard InChI is InChI=1S/3CH2O2.Na.Pd/c3*2-1-3;;/h3*1H,(H,2,3);;/q;;;+1;+2/p-3. The van der Waals surface area contributed by atoms with Crippen LogP contribution >= 0.6 is 0 Å². The summed E-state index contributed by atoms with van der Waals surface area (Å²) in [5, 5.41) is 24.8. The zero-order valence-corrected chi connectivity index (χ0v) is 9.05. The first-order chi connectivity index (χ1) is 4.24. The van der Waals surface area contributed by atoms with E-state index in [1.807, 2.05) is 0 Å². The van der Waals surface area contributed by atoms with Gasteiger partial charge in [-0.3, -0.25) is 0 Å². The second-order valence-corrected chi connectivity index (χ2v) is 0.289. The molecule has 0 heterocycles. The molecule has 0 fully saturated rings. The molecule has 0 rings (SSSR count). The fourth-order valence-electron chi connectivity index (χ4n) is 0. The molecule has 0 aromatic rings. The molecular formula is C3H3NaO6Pd. The minimum absolute atomic E-state index is 0. The molecule has 0 aromatic heterocycles. The van der Waals surface area contributed by atoms with Gasteiger partial charge in [0.25, 0.3) is 0 Å². The molecule has 8 heteroatoms. The van der Waals surface area contributed by atoms with Crippen molar-refractivity contribution >= 4 is 19.4 Å². The number of hydrogen-bond acceptors (Lipinski definition) is 6. The third kappa shape index (κ3) is 125000. The van der Waals surface area contributed by atoms with E-state index in [0.29, 0.717) is 0 Å². The van der Waals surface area contributed by atoms with Gasteiger partial charge in [-0.15, -0.1) is 0 Å². The molecule has 0 aliphatic carbocycles. The first-order valence-corrected chi connectivity index (χ1v) is 1.41. The third-order valence-corrected chi connectivity index (χ3v) is 0. The van der Waals surface area contributed by atoms with Crippen LogP contribution in [0.1, 0.15) is 0 Å². The molecule has 0 radical (unpaired) electrons. The second kappa shape index (κ2) is 87.8. The van der Waals surface area contributed by atoms with E-state index in [9.17, 15) is 0 Å². The van der Waals surface area contributed by atoms with Gasteiger partial charge >= 0.3 is 50.0 Å². The predicted molar refractivity (Wildman–Crippen MR) is 18.2 cm³/mol. The fourth-order valence-corrected chi connectivity index (χ4v) is 0.